The molecular weight excluding hydrogens is 279 g/mol. The first kappa shape index (κ1) is 14.4. The van der Waals surface area contributed by atoms with Gasteiger partial charge in [0.2, 0.25) is 0 Å². The smallest absolute Gasteiger partial charge is 0.0515 e. The molecule has 0 spiro atoms. The summed E-state index contributed by atoms with van der Waals surface area (Å²) in [4.78, 5) is 0. The Morgan fingerprint density at radius 2 is 1.95 bits per heavy atom. The molecule has 1 atom stereocenters. The van der Waals surface area contributed by atoms with Crippen molar-refractivity contribution >= 4 is 23.2 Å². The average molecular weight is 295 g/mol. The monoisotopic (exact) mass is 294 g/mol. The summed E-state index contributed by atoms with van der Waals surface area (Å²) in [6, 6.07) is 13.7. The quantitative estimate of drug-likeness (QED) is 0.659. The summed E-state index contributed by atoms with van der Waals surface area (Å²) in [5.74, 6) is 5.66. The minimum atomic E-state index is -0.0356. The predicted octanol–water partition coefficient (Wildman–Crippen LogP) is 4.05. The van der Waals surface area contributed by atoms with E-state index in [0.29, 0.717) is 0 Å². The lowest BCUT2D eigenvalue weighted by atomic mass is 9.98. The number of halogens is 2. The van der Waals surface area contributed by atoms with Gasteiger partial charge in [-0.1, -0.05) is 47.5 Å². The molecule has 0 aliphatic heterocycles. The lowest BCUT2D eigenvalue weighted by molar-refractivity contribution is 0.552. The number of nitrogens with one attached hydrogen (secondary N) is 1. The molecule has 0 aromatic heterocycles. The van der Waals surface area contributed by atoms with Crippen molar-refractivity contribution in [3.8, 4) is 0 Å². The van der Waals surface area contributed by atoms with E-state index >= 15 is 0 Å². The lowest BCUT2D eigenvalue weighted by Crippen LogP contribution is -2.29. The van der Waals surface area contributed by atoms with Gasteiger partial charge in [0.05, 0.1) is 6.04 Å². The first-order valence-electron chi connectivity index (χ1n) is 6.07. The topological polar surface area (TPSA) is 38.0 Å². The van der Waals surface area contributed by atoms with Crippen LogP contribution >= 0.6 is 23.2 Å². The first-order valence-corrected chi connectivity index (χ1v) is 6.82. The van der Waals surface area contributed by atoms with Crippen LogP contribution in [-0.2, 0) is 6.42 Å². The lowest BCUT2D eigenvalue weighted by Gasteiger charge is -2.18. The van der Waals surface area contributed by atoms with Crippen molar-refractivity contribution in [2.75, 3.05) is 0 Å². The minimum Gasteiger partial charge on any atom is -0.271 e. The molecule has 0 heterocycles. The average Bonchev–Trinajstić information content (AvgIpc) is 2.37. The molecule has 0 aliphatic carbocycles. The maximum atomic E-state index is 6.28. The number of rotatable bonds is 4. The van der Waals surface area contributed by atoms with E-state index in [0.717, 1.165) is 33.2 Å². The highest BCUT2D eigenvalue weighted by Gasteiger charge is 2.14. The Hall–Kier alpha value is -1.06. The molecule has 100 valence electrons. The van der Waals surface area contributed by atoms with Crippen molar-refractivity contribution in [2.45, 2.75) is 19.4 Å². The van der Waals surface area contributed by atoms with Crippen molar-refractivity contribution in [3.05, 3.63) is 69.2 Å². The molecule has 3 N–H and O–H groups in total. The Morgan fingerprint density at radius 3 is 2.58 bits per heavy atom. The highest BCUT2D eigenvalue weighted by atomic mass is 35.5. The Bertz CT molecular complexity index is 570. The third-order valence-corrected chi connectivity index (χ3v) is 3.62. The van der Waals surface area contributed by atoms with E-state index in [4.69, 9.17) is 29.0 Å². The van der Waals surface area contributed by atoms with Crippen LogP contribution in [0, 0.1) is 6.92 Å². The van der Waals surface area contributed by atoms with E-state index in [1.165, 1.54) is 0 Å². The zero-order chi connectivity index (χ0) is 13.8. The number of hydrogen-bond acceptors (Lipinski definition) is 2. The van der Waals surface area contributed by atoms with E-state index in [9.17, 15) is 0 Å². The highest BCUT2D eigenvalue weighted by Crippen LogP contribution is 2.27. The molecule has 19 heavy (non-hydrogen) atoms. The van der Waals surface area contributed by atoms with Crippen LogP contribution in [-0.4, -0.2) is 0 Å². The largest absolute Gasteiger partial charge is 0.271 e. The molecule has 4 heteroatoms. The van der Waals surface area contributed by atoms with E-state index < -0.39 is 0 Å². The fraction of sp³-hybridized carbons (Fsp3) is 0.200. The molecule has 2 aromatic rings. The third-order valence-electron chi connectivity index (χ3n) is 3.06. The zero-order valence-corrected chi connectivity index (χ0v) is 12.2. The Morgan fingerprint density at radius 1 is 1.16 bits per heavy atom. The van der Waals surface area contributed by atoms with Crippen LogP contribution in [0.25, 0.3) is 0 Å². The fourth-order valence-electron chi connectivity index (χ4n) is 2.07. The zero-order valence-electron chi connectivity index (χ0n) is 10.7. The summed E-state index contributed by atoms with van der Waals surface area (Å²) in [7, 11) is 0. The van der Waals surface area contributed by atoms with E-state index in [-0.39, 0.29) is 6.04 Å². The second kappa shape index (κ2) is 6.40. The van der Waals surface area contributed by atoms with Crippen LogP contribution in [0.15, 0.2) is 42.5 Å². The van der Waals surface area contributed by atoms with E-state index in [1.54, 1.807) is 0 Å². The van der Waals surface area contributed by atoms with E-state index in [2.05, 4.69) is 5.43 Å². The highest BCUT2D eigenvalue weighted by molar-refractivity contribution is 6.31. The molecule has 2 aromatic carbocycles. The first-order chi connectivity index (χ1) is 9.10. The second-order valence-corrected chi connectivity index (χ2v) is 5.42. The number of hydrazine groups is 1. The van der Waals surface area contributed by atoms with Crippen molar-refractivity contribution in [1.29, 1.82) is 0 Å². The maximum Gasteiger partial charge on any atom is 0.0515 e. The SMILES string of the molecule is Cc1ccc(C(Cc2cccc(Cl)c2)NN)c(Cl)c1. The normalized spacial score (nSPS) is 12.4. The molecule has 0 radical (unpaired) electrons. The fourth-order valence-corrected chi connectivity index (χ4v) is 2.65. The summed E-state index contributed by atoms with van der Waals surface area (Å²) < 4.78 is 0. The van der Waals surface area contributed by atoms with Crippen LogP contribution in [0.5, 0.6) is 0 Å². The van der Waals surface area contributed by atoms with Crippen LogP contribution in [0.2, 0.25) is 10.0 Å². The Labute approximate surface area is 123 Å². The number of benzene rings is 2. The number of hydrogen-bond donors (Lipinski definition) is 2. The number of aryl methyl sites for hydroxylation is 1. The van der Waals surface area contributed by atoms with Crippen molar-refractivity contribution in [1.82, 2.24) is 5.43 Å². The Balaban J connectivity index is 2.25. The van der Waals surface area contributed by atoms with Gasteiger partial charge in [-0.15, -0.1) is 0 Å². The summed E-state index contributed by atoms with van der Waals surface area (Å²) in [5, 5.41) is 1.45. The van der Waals surface area contributed by atoms with Crippen molar-refractivity contribution in [2.24, 2.45) is 5.84 Å². The third kappa shape index (κ3) is 3.71. The molecule has 0 amide bonds. The molecular formula is C15H16Cl2N2. The summed E-state index contributed by atoms with van der Waals surface area (Å²) in [5.41, 5.74) is 6.06. The van der Waals surface area contributed by atoms with Crippen LogP contribution in [0.4, 0.5) is 0 Å². The van der Waals surface area contributed by atoms with Gasteiger partial charge in [0.15, 0.2) is 0 Å². The minimum absolute atomic E-state index is 0.0356. The van der Waals surface area contributed by atoms with Crippen molar-refractivity contribution < 1.29 is 0 Å². The maximum absolute atomic E-state index is 6.28. The van der Waals surface area contributed by atoms with Gasteiger partial charge < -0.3 is 0 Å². The van der Waals surface area contributed by atoms with Gasteiger partial charge in [-0.05, 0) is 48.2 Å². The molecule has 0 saturated heterocycles. The van der Waals surface area contributed by atoms with Gasteiger partial charge >= 0.3 is 0 Å². The van der Waals surface area contributed by atoms with Gasteiger partial charge in [0.25, 0.3) is 0 Å². The van der Waals surface area contributed by atoms with E-state index in [1.807, 2.05) is 49.4 Å². The molecule has 0 bridgehead atoms. The van der Waals surface area contributed by atoms with Crippen LogP contribution in [0.1, 0.15) is 22.7 Å². The predicted molar refractivity (Wildman–Crippen MR) is 81.4 cm³/mol. The van der Waals surface area contributed by atoms with Gasteiger partial charge in [-0.2, -0.15) is 0 Å². The molecule has 2 nitrogen and oxygen atoms in total. The summed E-state index contributed by atoms with van der Waals surface area (Å²) in [6.07, 6.45) is 0.736. The molecule has 1 unspecified atom stereocenters. The Kier molecular flexibility index (Phi) is 4.83. The molecule has 0 saturated carbocycles. The molecule has 0 aliphatic rings. The van der Waals surface area contributed by atoms with Crippen LogP contribution < -0.4 is 11.3 Å². The standard InChI is InChI=1S/C15H16Cl2N2/c1-10-5-6-13(14(17)7-10)15(19-18)9-11-3-2-4-12(16)8-11/h2-8,15,19H,9,18H2,1H3. The van der Waals surface area contributed by atoms with Crippen LogP contribution in [0.3, 0.4) is 0 Å². The summed E-state index contributed by atoms with van der Waals surface area (Å²) >= 11 is 12.3. The van der Waals surface area contributed by atoms with Crippen molar-refractivity contribution in [3.63, 3.8) is 0 Å². The van der Waals surface area contributed by atoms with Gasteiger partial charge in [0.1, 0.15) is 0 Å². The van der Waals surface area contributed by atoms with Gasteiger partial charge in [0, 0.05) is 10.0 Å². The van der Waals surface area contributed by atoms with Gasteiger partial charge in [-0.3, -0.25) is 11.3 Å². The second-order valence-electron chi connectivity index (χ2n) is 4.58. The molecule has 2 rings (SSSR count). The summed E-state index contributed by atoms with van der Waals surface area (Å²) in [6.45, 7) is 2.01. The van der Waals surface area contributed by atoms with Gasteiger partial charge in [-0.25, -0.2) is 0 Å². The number of nitrogens with two attached hydrogens (primary N) is 1. The molecule has 0 fully saturated rings.